The smallest absolute Gasteiger partial charge is 0.120 e. The molecule has 2 heteroatoms. The van der Waals surface area contributed by atoms with Crippen LogP contribution in [0, 0.1) is 11.8 Å². The van der Waals surface area contributed by atoms with Gasteiger partial charge in [0.1, 0.15) is 5.75 Å². The monoisotopic (exact) mass is 247 g/mol. The fourth-order valence-electron chi connectivity index (χ4n) is 2.92. The highest BCUT2D eigenvalue weighted by Crippen LogP contribution is 2.30. The van der Waals surface area contributed by atoms with Gasteiger partial charge in [0.05, 0.1) is 0 Å². The summed E-state index contributed by atoms with van der Waals surface area (Å²) in [4.78, 5) is 0. The van der Waals surface area contributed by atoms with Crippen LogP contribution in [-0.4, -0.2) is 11.7 Å². The van der Waals surface area contributed by atoms with E-state index in [4.69, 9.17) is 0 Å². The first-order valence-corrected chi connectivity index (χ1v) is 7.27. The fraction of sp³-hybridized carbons (Fsp3) is 0.625. The minimum Gasteiger partial charge on any atom is -0.508 e. The molecule has 1 fully saturated rings. The van der Waals surface area contributed by atoms with Crippen LogP contribution in [0.3, 0.4) is 0 Å². The quantitative estimate of drug-likeness (QED) is 0.831. The van der Waals surface area contributed by atoms with E-state index >= 15 is 0 Å². The Morgan fingerprint density at radius 3 is 2.44 bits per heavy atom. The Bertz CT molecular complexity index is 356. The van der Waals surface area contributed by atoms with Crippen molar-refractivity contribution in [2.24, 2.45) is 11.8 Å². The van der Waals surface area contributed by atoms with Crippen LogP contribution in [0.4, 0.5) is 0 Å². The highest BCUT2D eigenvalue weighted by atomic mass is 16.3. The molecule has 0 unspecified atom stereocenters. The second-order valence-electron chi connectivity index (χ2n) is 5.55. The second kappa shape index (κ2) is 6.79. The highest BCUT2D eigenvalue weighted by molar-refractivity contribution is 5.31. The van der Waals surface area contributed by atoms with Gasteiger partial charge in [0.2, 0.25) is 0 Å². The summed E-state index contributed by atoms with van der Waals surface area (Å²) in [7, 11) is 0. The molecule has 1 aliphatic rings. The van der Waals surface area contributed by atoms with Crippen molar-refractivity contribution in [3.63, 3.8) is 0 Å². The van der Waals surface area contributed by atoms with Crippen LogP contribution < -0.4 is 5.32 Å². The third-order valence-corrected chi connectivity index (χ3v) is 4.28. The van der Waals surface area contributed by atoms with Crippen molar-refractivity contribution < 1.29 is 5.11 Å². The average molecular weight is 247 g/mol. The number of nitrogens with one attached hydrogen (secondary N) is 1. The maximum Gasteiger partial charge on any atom is 0.120 e. The Balaban J connectivity index is 1.69. The number of phenolic OH excluding ortho intramolecular Hbond substituents is 1. The van der Waals surface area contributed by atoms with Crippen LogP contribution in [-0.2, 0) is 6.54 Å². The third-order valence-electron chi connectivity index (χ3n) is 4.28. The Morgan fingerprint density at radius 1 is 1.11 bits per heavy atom. The summed E-state index contributed by atoms with van der Waals surface area (Å²) in [5.74, 6) is 2.21. The van der Waals surface area contributed by atoms with Gasteiger partial charge in [-0.3, -0.25) is 0 Å². The number of rotatable bonds is 5. The zero-order chi connectivity index (χ0) is 12.8. The summed E-state index contributed by atoms with van der Waals surface area (Å²) in [5.41, 5.74) is 1.000. The molecular formula is C16H25NO. The molecular weight excluding hydrogens is 222 g/mol. The molecule has 0 heterocycles. The molecule has 1 aliphatic carbocycles. The van der Waals surface area contributed by atoms with Gasteiger partial charge in [-0.25, -0.2) is 0 Å². The van der Waals surface area contributed by atoms with Crippen molar-refractivity contribution >= 4 is 0 Å². The first kappa shape index (κ1) is 13.4. The summed E-state index contributed by atoms with van der Waals surface area (Å²) in [5, 5.41) is 13.2. The second-order valence-corrected chi connectivity index (χ2v) is 5.55. The predicted molar refractivity (Wildman–Crippen MR) is 75.6 cm³/mol. The van der Waals surface area contributed by atoms with E-state index < -0.39 is 0 Å². The highest BCUT2D eigenvalue weighted by Gasteiger charge is 2.19. The molecule has 0 aromatic heterocycles. The number of hydrogen-bond acceptors (Lipinski definition) is 2. The maximum absolute atomic E-state index is 9.67. The van der Waals surface area contributed by atoms with Gasteiger partial charge in [0, 0.05) is 12.1 Å². The van der Waals surface area contributed by atoms with Gasteiger partial charge in [-0.05, 0) is 37.3 Å². The van der Waals surface area contributed by atoms with Crippen molar-refractivity contribution in [3.8, 4) is 5.75 Å². The molecule has 1 aromatic carbocycles. The summed E-state index contributed by atoms with van der Waals surface area (Å²) in [6.45, 7) is 4.17. The van der Waals surface area contributed by atoms with E-state index in [1.807, 2.05) is 18.2 Å². The molecule has 2 nitrogen and oxygen atoms in total. The molecule has 0 spiro atoms. The van der Waals surface area contributed by atoms with Crippen LogP contribution in [0.5, 0.6) is 5.75 Å². The van der Waals surface area contributed by atoms with E-state index in [-0.39, 0.29) is 0 Å². The zero-order valence-electron chi connectivity index (χ0n) is 11.4. The van der Waals surface area contributed by atoms with Crippen molar-refractivity contribution in [1.29, 1.82) is 0 Å². The molecule has 0 bridgehead atoms. The van der Waals surface area contributed by atoms with E-state index in [1.54, 1.807) is 6.07 Å². The maximum atomic E-state index is 9.67. The summed E-state index contributed by atoms with van der Waals surface area (Å²) < 4.78 is 0. The zero-order valence-corrected chi connectivity index (χ0v) is 11.4. The lowest BCUT2D eigenvalue weighted by Crippen LogP contribution is -2.26. The molecule has 2 rings (SSSR count). The largest absolute Gasteiger partial charge is 0.508 e. The van der Waals surface area contributed by atoms with Crippen molar-refractivity contribution in [2.75, 3.05) is 6.54 Å². The molecule has 1 saturated carbocycles. The van der Waals surface area contributed by atoms with Gasteiger partial charge in [0.15, 0.2) is 0 Å². The van der Waals surface area contributed by atoms with Crippen LogP contribution in [0.25, 0.3) is 0 Å². The molecule has 0 radical (unpaired) electrons. The fourth-order valence-corrected chi connectivity index (χ4v) is 2.92. The minimum absolute atomic E-state index is 0.402. The van der Waals surface area contributed by atoms with Gasteiger partial charge in [-0.2, -0.15) is 0 Å². The first-order valence-electron chi connectivity index (χ1n) is 7.27. The van der Waals surface area contributed by atoms with Crippen LogP contribution in [0.1, 0.15) is 44.6 Å². The summed E-state index contributed by atoms with van der Waals surface area (Å²) in [6, 6.07) is 7.58. The molecule has 0 atom stereocenters. The van der Waals surface area contributed by atoms with Crippen molar-refractivity contribution in [1.82, 2.24) is 5.32 Å². The Morgan fingerprint density at radius 2 is 1.78 bits per heavy atom. The molecule has 0 amide bonds. The Kier molecular flexibility index (Phi) is 5.06. The van der Waals surface area contributed by atoms with Gasteiger partial charge in [-0.15, -0.1) is 0 Å². The van der Waals surface area contributed by atoms with Gasteiger partial charge < -0.3 is 10.4 Å². The molecule has 2 N–H and O–H groups in total. The van der Waals surface area contributed by atoms with Crippen molar-refractivity contribution in [3.05, 3.63) is 29.8 Å². The molecule has 1 aromatic rings. The van der Waals surface area contributed by atoms with E-state index in [2.05, 4.69) is 12.2 Å². The van der Waals surface area contributed by atoms with E-state index in [1.165, 1.54) is 32.1 Å². The van der Waals surface area contributed by atoms with E-state index in [9.17, 15) is 5.11 Å². The van der Waals surface area contributed by atoms with Gasteiger partial charge >= 0.3 is 0 Å². The lowest BCUT2D eigenvalue weighted by molar-refractivity contribution is 0.262. The standard InChI is InChI=1S/C16H25NO/c1-2-13-7-9-14(10-8-13)11-17-12-15-5-3-4-6-16(15)18/h3-6,13-14,17-18H,2,7-12H2,1H3. The molecule has 100 valence electrons. The van der Waals surface area contributed by atoms with Gasteiger partial charge in [0.25, 0.3) is 0 Å². The average Bonchev–Trinajstić information content (AvgIpc) is 2.42. The number of para-hydroxylation sites is 1. The predicted octanol–water partition coefficient (Wildman–Crippen LogP) is 3.70. The topological polar surface area (TPSA) is 32.3 Å². The van der Waals surface area contributed by atoms with Crippen LogP contribution in [0.15, 0.2) is 24.3 Å². The normalized spacial score (nSPS) is 24.1. The lowest BCUT2D eigenvalue weighted by Gasteiger charge is -2.28. The molecule has 18 heavy (non-hydrogen) atoms. The van der Waals surface area contributed by atoms with E-state index in [0.717, 1.165) is 30.5 Å². The summed E-state index contributed by atoms with van der Waals surface area (Å²) >= 11 is 0. The van der Waals surface area contributed by atoms with Crippen LogP contribution >= 0.6 is 0 Å². The lowest BCUT2D eigenvalue weighted by atomic mass is 9.81. The SMILES string of the molecule is CCC1CCC(CNCc2ccccc2O)CC1. The Hall–Kier alpha value is -1.02. The number of hydrogen-bond donors (Lipinski definition) is 2. The van der Waals surface area contributed by atoms with Crippen molar-refractivity contribution in [2.45, 2.75) is 45.6 Å². The number of aromatic hydroxyl groups is 1. The minimum atomic E-state index is 0.402. The molecule has 0 aliphatic heterocycles. The van der Waals surface area contributed by atoms with Gasteiger partial charge in [-0.1, -0.05) is 44.4 Å². The summed E-state index contributed by atoms with van der Waals surface area (Å²) in [6.07, 6.45) is 6.88. The van der Waals surface area contributed by atoms with E-state index in [0.29, 0.717) is 5.75 Å². The first-order chi connectivity index (χ1) is 8.79. The van der Waals surface area contributed by atoms with Crippen LogP contribution in [0.2, 0.25) is 0 Å². The number of phenols is 1. The Labute approximate surface area is 110 Å². The molecule has 0 saturated heterocycles. The third kappa shape index (κ3) is 3.74. The number of benzene rings is 1.